The molecule has 1 aromatic carbocycles. The predicted octanol–water partition coefficient (Wildman–Crippen LogP) is 2.23. The van der Waals surface area contributed by atoms with Crippen LogP contribution in [-0.4, -0.2) is 18.2 Å². The number of phenolic OH excluding ortho intramolecular Hbond substituents is 1. The first-order valence-corrected chi connectivity index (χ1v) is 5.05. The molecule has 0 heterocycles. The SMILES string of the molecule is C=C(C)Cc1c(O)cccc1CC(=O)OC. The van der Waals surface area contributed by atoms with Crippen molar-refractivity contribution in [1.82, 2.24) is 0 Å². The molecule has 0 aliphatic carbocycles. The minimum atomic E-state index is -0.312. The van der Waals surface area contributed by atoms with Crippen LogP contribution in [0, 0.1) is 0 Å². The number of carbonyl (C=O) groups excluding carboxylic acids is 1. The van der Waals surface area contributed by atoms with Gasteiger partial charge in [0, 0.05) is 5.56 Å². The van der Waals surface area contributed by atoms with E-state index in [0.717, 1.165) is 16.7 Å². The van der Waals surface area contributed by atoms with Gasteiger partial charge in [0.25, 0.3) is 0 Å². The third kappa shape index (κ3) is 3.12. The number of allylic oxidation sites excluding steroid dienone is 1. The Morgan fingerprint density at radius 1 is 1.44 bits per heavy atom. The van der Waals surface area contributed by atoms with E-state index in [4.69, 9.17) is 0 Å². The van der Waals surface area contributed by atoms with Gasteiger partial charge in [-0.25, -0.2) is 0 Å². The normalized spacial score (nSPS) is 9.88. The number of carbonyl (C=O) groups is 1. The van der Waals surface area contributed by atoms with Gasteiger partial charge < -0.3 is 9.84 Å². The number of hydrogen-bond acceptors (Lipinski definition) is 3. The van der Waals surface area contributed by atoms with Gasteiger partial charge in [-0.15, -0.1) is 0 Å². The average molecular weight is 220 g/mol. The van der Waals surface area contributed by atoms with Crippen LogP contribution < -0.4 is 0 Å². The summed E-state index contributed by atoms with van der Waals surface area (Å²) in [6.07, 6.45) is 0.743. The Bertz CT molecular complexity index is 408. The molecule has 0 bridgehead atoms. The van der Waals surface area contributed by atoms with Gasteiger partial charge in [-0.3, -0.25) is 4.79 Å². The lowest BCUT2D eigenvalue weighted by molar-refractivity contribution is -0.139. The number of methoxy groups -OCH3 is 1. The number of ether oxygens (including phenoxy) is 1. The topological polar surface area (TPSA) is 46.5 Å². The Hall–Kier alpha value is -1.77. The molecule has 0 saturated carbocycles. The van der Waals surface area contributed by atoms with Gasteiger partial charge >= 0.3 is 5.97 Å². The van der Waals surface area contributed by atoms with E-state index in [1.807, 2.05) is 13.0 Å². The molecule has 0 radical (unpaired) electrons. The van der Waals surface area contributed by atoms with Crippen LogP contribution in [0.3, 0.4) is 0 Å². The maximum atomic E-state index is 11.2. The van der Waals surface area contributed by atoms with Crippen LogP contribution in [0.5, 0.6) is 5.75 Å². The Labute approximate surface area is 95.4 Å². The van der Waals surface area contributed by atoms with E-state index < -0.39 is 0 Å². The van der Waals surface area contributed by atoms with Gasteiger partial charge in [0.05, 0.1) is 13.5 Å². The van der Waals surface area contributed by atoms with E-state index in [0.29, 0.717) is 6.42 Å². The smallest absolute Gasteiger partial charge is 0.309 e. The highest BCUT2D eigenvalue weighted by Crippen LogP contribution is 2.24. The zero-order chi connectivity index (χ0) is 12.1. The second kappa shape index (κ2) is 5.35. The summed E-state index contributed by atoms with van der Waals surface area (Å²) < 4.78 is 4.61. The molecule has 0 amide bonds. The summed E-state index contributed by atoms with van der Waals surface area (Å²) in [5.74, 6) is -0.113. The molecule has 0 aliphatic heterocycles. The molecule has 16 heavy (non-hydrogen) atoms. The molecule has 0 saturated heterocycles. The van der Waals surface area contributed by atoms with Crippen molar-refractivity contribution in [3.05, 3.63) is 41.5 Å². The number of rotatable bonds is 4. The second-order valence-electron chi connectivity index (χ2n) is 3.80. The minimum absolute atomic E-state index is 0.174. The monoisotopic (exact) mass is 220 g/mol. The quantitative estimate of drug-likeness (QED) is 0.625. The van der Waals surface area contributed by atoms with Crippen LogP contribution in [-0.2, 0) is 22.4 Å². The van der Waals surface area contributed by atoms with Gasteiger partial charge in [0.1, 0.15) is 5.75 Å². The van der Waals surface area contributed by atoms with Crippen molar-refractivity contribution in [3.8, 4) is 5.75 Å². The van der Waals surface area contributed by atoms with Crippen molar-refractivity contribution >= 4 is 5.97 Å². The lowest BCUT2D eigenvalue weighted by Crippen LogP contribution is -2.07. The Morgan fingerprint density at radius 3 is 2.69 bits per heavy atom. The third-order valence-corrected chi connectivity index (χ3v) is 2.29. The highest BCUT2D eigenvalue weighted by Gasteiger charge is 2.11. The van der Waals surface area contributed by atoms with E-state index >= 15 is 0 Å². The summed E-state index contributed by atoms with van der Waals surface area (Å²) >= 11 is 0. The lowest BCUT2D eigenvalue weighted by atomic mass is 9.98. The molecule has 0 spiro atoms. The largest absolute Gasteiger partial charge is 0.508 e. The standard InChI is InChI=1S/C13H16O3/c1-9(2)7-11-10(8-13(15)16-3)5-4-6-12(11)14/h4-6,14H,1,7-8H2,2-3H3. The van der Waals surface area contributed by atoms with Gasteiger partial charge in [-0.05, 0) is 25.0 Å². The number of benzene rings is 1. The first-order chi connectivity index (χ1) is 7.54. The fraction of sp³-hybridized carbons (Fsp3) is 0.308. The molecular weight excluding hydrogens is 204 g/mol. The van der Waals surface area contributed by atoms with Gasteiger partial charge in [0.15, 0.2) is 0 Å². The molecule has 0 fully saturated rings. The maximum absolute atomic E-state index is 11.2. The van der Waals surface area contributed by atoms with Crippen molar-refractivity contribution < 1.29 is 14.6 Å². The number of esters is 1. The van der Waals surface area contributed by atoms with Crippen molar-refractivity contribution in [3.63, 3.8) is 0 Å². The van der Waals surface area contributed by atoms with E-state index in [-0.39, 0.29) is 18.1 Å². The van der Waals surface area contributed by atoms with Crippen molar-refractivity contribution in [2.45, 2.75) is 19.8 Å². The molecule has 86 valence electrons. The van der Waals surface area contributed by atoms with Crippen molar-refractivity contribution in [1.29, 1.82) is 0 Å². The second-order valence-corrected chi connectivity index (χ2v) is 3.80. The number of aromatic hydroxyl groups is 1. The summed E-state index contributed by atoms with van der Waals surface area (Å²) in [7, 11) is 1.35. The zero-order valence-corrected chi connectivity index (χ0v) is 9.62. The third-order valence-electron chi connectivity index (χ3n) is 2.29. The molecule has 1 aromatic rings. The highest BCUT2D eigenvalue weighted by molar-refractivity contribution is 5.73. The predicted molar refractivity (Wildman–Crippen MR) is 62.3 cm³/mol. The first kappa shape index (κ1) is 12.3. The summed E-state index contributed by atoms with van der Waals surface area (Å²) in [4.78, 5) is 11.2. The van der Waals surface area contributed by atoms with Crippen LogP contribution in [0.15, 0.2) is 30.4 Å². The highest BCUT2D eigenvalue weighted by atomic mass is 16.5. The summed E-state index contributed by atoms with van der Waals surface area (Å²) in [5, 5.41) is 9.73. The minimum Gasteiger partial charge on any atom is -0.508 e. The molecule has 0 aromatic heterocycles. The molecule has 0 unspecified atom stereocenters. The van der Waals surface area contributed by atoms with E-state index in [1.165, 1.54) is 7.11 Å². The van der Waals surface area contributed by atoms with Gasteiger partial charge in [-0.1, -0.05) is 24.3 Å². The fourth-order valence-electron chi connectivity index (χ4n) is 1.52. The van der Waals surface area contributed by atoms with Crippen LogP contribution >= 0.6 is 0 Å². The average Bonchev–Trinajstić information content (AvgIpc) is 2.22. The molecule has 3 nitrogen and oxygen atoms in total. The zero-order valence-electron chi connectivity index (χ0n) is 9.62. The summed E-state index contributed by atoms with van der Waals surface area (Å²) in [6, 6.07) is 5.14. The fourth-order valence-corrected chi connectivity index (χ4v) is 1.52. The van der Waals surface area contributed by atoms with Crippen LogP contribution in [0.4, 0.5) is 0 Å². The van der Waals surface area contributed by atoms with E-state index in [2.05, 4.69) is 11.3 Å². The molecule has 3 heteroatoms. The summed E-state index contributed by atoms with van der Waals surface area (Å²) in [6.45, 7) is 5.69. The first-order valence-electron chi connectivity index (χ1n) is 5.05. The Kier molecular flexibility index (Phi) is 4.11. The van der Waals surface area contributed by atoms with Crippen molar-refractivity contribution in [2.75, 3.05) is 7.11 Å². The number of phenols is 1. The molecule has 1 N–H and O–H groups in total. The number of hydrogen-bond donors (Lipinski definition) is 1. The van der Waals surface area contributed by atoms with E-state index in [1.54, 1.807) is 12.1 Å². The molecule has 1 rings (SSSR count). The Balaban J connectivity index is 3.02. The molecule has 0 atom stereocenters. The van der Waals surface area contributed by atoms with Gasteiger partial charge in [0.2, 0.25) is 0 Å². The van der Waals surface area contributed by atoms with Crippen LogP contribution in [0.25, 0.3) is 0 Å². The Morgan fingerprint density at radius 2 is 2.12 bits per heavy atom. The van der Waals surface area contributed by atoms with E-state index in [9.17, 15) is 9.90 Å². The lowest BCUT2D eigenvalue weighted by Gasteiger charge is -2.10. The van der Waals surface area contributed by atoms with Crippen molar-refractivity contribution in [2.24, 2.45) is 0 Å². The maximum Gasteiger partial charge on any atom is 0.309 e. The molecular formula is C13H16O3. The summed E-state index contributed by atoms with van der Waals surface area (Å²) in [5.41, 5.74) is 2.47. The van der Waals surface area contributed by atoms with Crippen LogP contribution in [0.2, 0.25) is 0 Å². The van der Waals surface area contributed by atoms with Gasteiger partial charge in [-0.2, -0.15) is 0 Å². The van der Waals surface area contributed by atoms with Crippen LogP contribution in [0.1, 0.15) is 18.1 Å². The molecule has 0 aliphatic rings.